The molecule has 1 aliphatic heterocycles. The number of guanidine groups is 1. The van der Waals surface area contributed by atoms with Crippen LogP contribution < -0.4 is 15.4 Å². The summed E-state index contributed by atoms with van der Waals surface area (Å²) < 4.78 is 25.7. The van der Waals surface area contributed by atoms with Crippen LogP contribution in [-0.2, 0) is 10.0 Å². The molecule has 1 aromatic carbocycles. The van der Waals surface area contributed by atoms with Crippen molar-refractivity contribution in [2.45, 2.75) is 45.2 Å². The average Bonchev–Trinajstić information content (AvgIpc) is 3.13. The molecule has 0 saturated carbocycles. The van der Waals surface area contributed by atoms with E-state index in [1.165, 1.54) is 24.7 Å². The SMILES string of the molecule is CCNC(=NCC(C)(C)NS(C)(=O)=O)NCC(c1ccccc1)N1CCCC1.I. The van der Waals surface area contributed by atoms with E-state index in [1.54, 1.807) is 0 Å². The molecule has 0 aliphatic carbocycles. The van der Waals surface area contributed by atoms with E-state index in [-0.39, 0.29) is 30.0 Å². The third-order valence-electron chi connectivity index (χ3n) is 4.67. The van der Waals surface area contributed by atoms with Gasteiger partial charge in [0.2, 0.25) is 10.0 Å². The van der Waals surface area contributed by atoms with Crippen LogP contribution in [0.3, 0.4) is 0 Å². The molecule has 1 unspecified atom stereocenters. The average molecular weight is 538 g/mol. The van der Waals surface area contributed by atoms with Crippen LogP contribution >= 0.6 is 24.0 Å². The first-order chi connectivity index (χ1) is 13.2. The van der Waals surface area contributed by atoms with Crippen molar-refractivity contribution < 1.29 is 8.42 Å². The number of hydrogen-bond acceptors (Lipinski definition) is 4. The fourth-order valence-electron chi connectivity index (χ4n) is 3.53. The zero-order valence-corrected chi connectivity index (χ0v) is 21.1. The summed E-state index contributed by atoms with van der Waals surface area (Å²) in [5.41, 5.74) is 0.649. The van der Waals surface area contributed by atoms with Crippen molar-refractivity contribution >= 4 is 40.0 Å². The van der Waals surface area contributed by atoms with Crippen molar-refractivity contribution in [3.8, 4) is 0 Å². The van der Waals surface area contributed by atoms with Gasteiger partial charge >= 0.3 is 0 Å². The lowest BCUT2D eigenvalue weighted by Crippen LogP contribution is -2.47. The van der Waals surface area contributed by atoms with Crippen LogP contribution in [0.1, 0.15) is 45.2 Å². The standard InChI is InChI=1S/C20H35N5O2S.HI/c1-5-21-19(23-16-20(2,3)24-28(4,26)27)22-15-18(25-13-9-10-14-25)17-11-7-6-8-12-17;/h6-8,11-12,18,24H,5,9-10,13-16H2,1-4H3,(H2,21,22,23);1H. The topological polar surface area (TPSA) is 85.8 Å². The van der Waals surface area contributed by atoms with Gasteiger partial charge in [-0.25, -0.2) is 13.1 Å². The normalized spacial score (nSPS) is 16.9. The zero-order valence-electron chi connectivity index (χ0n) is 17.9. The number of aliphatic imine (C=N–C) groups is 1. The molecule has 3 N–H and O–H groups in total. The Morgan fingerprint density at radius 2 is 1.79 bits per heavy atom. The van der Waals surface area contributed by atoms with Gasteiger partial charge in [0.05, 0.1) is 18.8 Å². The maximum Gasteiger partial charge on any atom is 0.209 e. The third-order valence-corrected chi connectivity index (χ3v) is 5.59. The number of benzene rings is 1. The molecule has 1 saturated heterocycles. The predicted molar refractivity (Wildman–Crippen MR) is 131 cm³/mol. The molecule has 0 spiro atoms. The minimum absolute atomic E-state index is 0. The third kappa shape index (κ3) is 9.63. The van der Waals surface area contributed by atoms with E-state index in [4.69, 9.17) is 0 Å². The molecule has 1 aliphatic rings. The maximum atomic E-state index is 11.5. The second-order valence-electron chi connectivity index (χ2n) is 8.00. The van der Waals surface area contributed by atoms with E-state index in [0.29, 0.717) is 12.5 Å². The molecule has 0 aromatic heterocycles. The Labute approximate surface area is 193 Å². The van der Waals surface area contributed by atoms with Gasteiger partial charge in [-0.15, -0.1) is 24.0 Å². The van der Waals surface area contributed by atoms with Gasteiger partial charge in [-0.1, -0.05) is 30.3 Å². The van der Waals surface area contributed by atoms with Gasteiger partial charge in [-0.05, 0) is 52.3 Å². The summed E-state index contributed by atoms with van der Waals surface area (Å²) in [5.74, 6) is 0.700. The summed E-state index contributed by atoms with van der Waals surface area (Å²) >= 11 is 0. The number of sulfonamides is 1. The largest absolute Gasteiger partial charge is 0.357 e. The second-order valence-corrected chi connectivity index (χ2v) is 9.75. The molecule has 9 heteroatoms. The minimum Gasteiger partial charge on any atom is -0.357 e. The van der Waals surface area contributed by atoms with E-state index in [0.717, 1.165) is 26.2 Å². The maximum absolute atomic E-state index is 11.5. The van der Waals surface area contributed by atoms with Gasteiger partial charge in [-0.3, -0.25) is 9.89 Å². The highest BCUT2D eigenvalue weighted by Gasteiger charge is 2.24. The highest BCUT2D eigenvalue weighted by atomic mass is 127. The molecular formula is C20H36IN5O2S. The summed E-state index contributed by atoms with van der Waals surface area (Å²) in [6.45, 7) is 9.74. The summed E-state index contributed by atoms with van der Waals surface area (Å²) in [4.78, 5) is 7.13. The Morgan fingerprint density at radius 1 is 1.17 bits per heavy atom. The molecule has 1 fully saturated rings. The number of halogens is 1. The monoisotopic (exact) mass is 537 g/mol. The zero-order chi connectivity index (χ0) is 20.6. The lowest BCUT2D eigenvalue weighted by Gasteiger charge is -2.29. The molecule has 166 valence electrons. The van der Waals surface area contributed by atoms with Crippen LogP contribution in [0.25, 0.3) is 0 Å². The van der Waals surface area contributed by atoms with E-state index in [1.807, 2.05) is 26.8 Å². The molecule has 0 radical (unpaired) electrons. The van der Waals surface area contributed by atoms with E-state index >= 15 is 0 Å². The molecular weight excluding hydrogens is 501 g/mol. The van der Waals surface area contributed by atoms with Crippen LogP contribution in [-0.4, -0.2) is 63.8 Å². The van der Waals surface area contributed by atoms with Crippen LogP contribution in [0.2, 0.25) is 0 Å². The fourth-order valence-corrected chi connectivity index (χ4v) is 4.60. The lowest BCUT2D eigenvalue weighted by molar-refractivity contribution is 0.245. The fraction of sp³-hybridized carbons (Fsp3) is 0.650. The van der Waals surface area contributed by atoms with Crippen LogP contribution in [0.5, 0.6) is 0 Å². The van der Waals surface area contributed by atoms with Gasteiger partial charge in [0.15, 0.2) is 5.96 Å². The molecule has 2 rings (SSSR count). The van der Waals surface area contributed by atoms with E-state index < -0.39 is 15.6 Å². The van der Waals surface area contributed by atoms with Crippen LogP contribution in [0, 0.1) is 0 Å². The molecule has 7 nitrogen and oxygen atoms in total. The second kappa shape index (κ2) is 12.1. The van der Waals surface area contributed by atoms with Crippen molar-refractivity contribution in [2.75, 3.05) is 39.0 Å². The summed E-state index contributed by atoms with van der Waals surface area (Å²) in [6, 6.07) is 10.8. The lowest BCUT2D eigenvalue weighted by atomic mass is 10.1. The molecule has 1 heterocycles. The van der Waals surface area contributed by atoms with Crippen molar-refractivity contribution in [1.29, 1.82) is 0 Å². The molecule has 1 atom stereocenters. The van der Waals surface area contributed by atoms with E-state index in [2.05, 4.69) is 49.5 Å². The van der Waals surface area contributed by atoms with Gasteiger partial charge in [0.25, 0.3) is 0 Å². The van der Waals surface area contributed by atoms with E-state index in [9.17, 15) is 8.42 Å². The Morgan fingerprint density at radius 3 is 2.34 bits per heavy atom. The number of likely N-dealkylation sites (tertiary alicyclic amines) is 1. The number of nitrogens with one attached hydrogen (secondary N) is 3. The van der Waals surface area contributed by atoms with Crippen molar-refractivity contribution in [2.24, 2.45) is 4.99 Å². The number of rotatable bonds is 9. The first-order valence-electron chi connectivity index (χ1n) is 10.0. The summed E-state index contributed by atoms with van der Waals surface area (Å²) in [7, 11) is -3.28. The van der Waals surface area contributed by atoms with Gasteiger partial charge in [-0.2, -0.15) is 0 Å². The molecule has 0 bridgehead atoms. The van der Waals surface area contributed by atoms with Crippen LogP contribution in [0.15, 0.2) is 35.3 Å². The highest BCUT2D eigenvalue weighted by molar-refractivity contribution is 14.0. The Kier molecular flexibility index (Phi) is 10.9. The first kappa shape index (κ1) is 26.1. The van der Waals surface area contributed by atoms with Gasteiger partial charge in [0, 0.05) is 18.6 Å². The Hall–Kier alpha value is -0.910. The van der Waals surface area contributed by atoms with Crippen molar-refractivity contribution in [3.63, 3.8) is 0 Å². The number of nitrogens with zero attached hydrogens (tertiary/aromatic N) is 2. The van der Waals surface area contributed by atoms with Gasteiger partial charge < -0.3 is 10.6 Å². The Bertz CT molecular complexity index is 734. The number of hydrogen-bond donors (Lipinski definition) is 3. The summed E-state index contributed by atoms with van der Waals surface area (Å²) in [6.07, 6.45) is 3.65. The van der Waals surface area contributed by atoms with Crippen molar-refractivity contribution in [3.05, 3.63) is 35.9 Å². The first-order valence-corrected chi connectivity index (χ1v) is 11.9. The smallest absolute Gasteiger partial charge is 0.209 e. The Balaban J connectivity index is 0.00000420. The van der Waals surface area contributed by atoms with Gasteiger partial charge in [0.1, 0.15) is 0 Å². The minimum atomic E-state index is -3.28. The molecule has 1 aromatic rings. The van der Waals surface area contributed by atoms with Crippen LogP contribution in [0.4, 0.5) is 0 Å². The molecule has 0 amide bonds. The van der Waals surface area contributed by atoms with Crippen molar-refractivity contribution in [1.82, 2.24) is 20.3 Å². The molecule has 29 heavy (non-hydrogen) atoms. The predicted octanol–water partition coefficient (Wildman–Crippen LogP) is 2.32. The quantitative estimate of drug-likeness (QED) is 0.256. The highest BCUT2D eigenvalue weighted by Crippen LogP contribution is 2.24. The summed E-state index contributed by atoms with van der Waals surface area (Å²) in [5, 5.41) is 6.71.